The number of nitrogens with zero attached hydrogens (tertiary/aromatic N) is 1. The first kappa shape index (κ1) is 15.1. The van der Waals surface area contributed by atoms with Crippen molar-refractivity contribution in [3.8, 4) is 5.75 Å². The van der Waals surface area contributed by atoms with Gasteiger partial charge in [0.05, 0.1) is 17.7 Å². The minimum atomic E-state index is -0.267. The summed E-state index contributed by atoms with van der Waals surface area (Å²) in [6.45, 7) is 0.491. The van der Waals surface area contributed by atoms with Gasteiger partial charge in [0.25, 0.3) is 5.91 Å². The van der Waals surface area contributed by atoms with Gasteiger partial charge in [-0.2, -0.15) is 0 Å². The molecule has 2 rings (SSSR count). The topological polar surface area (TPSA) is 77.2 Å². The number of carbonyl (C=O) groups is 1. The number of benzene rings is 1. The number of rotatable bonds is 5. The van der Waals surface area contributed by atoms with Gasteiger partial charge in [-0.05, 0) is 30.2 Å². The first-order valence-electron chi connectivity index (χ1n) is 6.42. The van der Waals surface area contributed by atoms with Gasteiger partial charge in [-0.15, -0.1) is 0 Å². The van der Waals surface area contributed by atoms with Crippen molar-refractivity contribution in [1.29, 1.82) is 0 Å². The fourth-order valence-corrected chi connectivity index (χ4v) is 2.06. The van der Waals surface area contributed by atoms with Crippen molar-refractivity contribution in [1.82, 2.24) is 10.3 Å². The van der Waals surface area contributed by atoms with Crippen LogP contribution in [-0.4, -0.2) is 24.5 Å². The molecule has 2 aromatic rings. The van der Waals surface area contributed by atoms with Crippen LogP contribution in [0.1, 0.15) is 15.9 Å². The highest BCUT2D eigenvalue weighted by Gasteiger charge is 2.10. The number of pyridine rings is 1. The van der Waals surface area contributed by atoms with Gasteiger partial charge in [-0.1, -0.05) is 23.7 Å². The second-order valence-corrected chi connectivity index (χ2v) is 4.85. The van der Waals surface area contributed by atoms with Gasteiger partial charge in [-0.25, -0.2) is 4.98 Å². The van der Waals surface area contributed by atoms with Crippen molar-refractivity contribution in [3.63, 3.8) is 0 Å². The van der Waals surface area contributed by atoms with Crippen LogP contribution in [0.2, 0.25) is 5.02 Å². The third kappa shape index (κ3) is 4.10. The van der Waals surface area contributed by atoms with Crippen molar-refractivity contribution in [2.45, 2.75) is 6.42 Å². The molecule has 0 saturated carbocycles. The molecule has 1 heterocycles. The molecule has 0 atom stereocenters. The largest absolute Gasteiger partial charge is 0.497 e. The number of halogens is 1. The summed E-state index contributed by atoms with van der Waals surface area (Å²) >= 11 is 5.93. The van der Waals surface area contributed by atoms with Crippen LogP contribution in [0.15, 0.2) is 36.5 Å². The van der Waals surface area contributed by atoms with E-state index in [1.54, 1.807) is 7.11 Å². The Hall–Kier alpha value is -2.27. The van der Waals surface area contributed by atoms with E-state index in [0.29, 0.717) is 18.5 Å². The zero-order valence-corrected chi connectivity index (χ0v) is 12.4. The second-order valence-electron chi connectivity index (χ2n) is 4.45. The molecule has 21 heavy (non-hydrogen) atoms. The third-order valence-electron chi connectivity index (χ3n) is 2.95. The lowest BCUT2D eigenvalue weighted by Crippen LogP contribution is -2.26. The predicted molar refractivity (Wildman–Crippen MR) is 82.7 cm³/mol. The van der Waals surface area contributed by atoms with Crippen molar-refractivity contribution >= 4 is 23.3 Å². The number of hydrogen-bond acceptors (Lipinski definition) is 4. The zero-order valence-electron chi connectivity index (χ0n) is 11.6. The highest BCUT2D eigenvalue weighted by molar-refractivity contribution is 6.33. The SMILES string of the molecule is COc1cccc(CCNC(=O)c2cc(N)ncc2Cl)c1. The van der Waals surface area contributed by atoms with Gasteiger partial charge < -0.3 is 15.8 Å². The monoisotopic (exact) mass is 305 g/mol. The molecule has 0 aliphatic carbocycles. The van der Waals surface area contributed by atoms with Crippen molar-refractivity contribution in [3.05, 3.63) is 52.7 Å². The van der Waals surface area contributed by atoms with Crippen LogP contribution in [0.25, 0.3) is 0 Å². The summed E-state index contributed by atoms with van der Waals surface area (Å²) in [5.74, 6) is 0.790. The molecule has 0 spiro atoms. The number of ether oxygens (including phenoxy) is 1. The molecule has 6 heteroatoms. The van der Waals surface area contributed by atoms with Gasteiger partial charge in [-0.3, -0.25) is 4.79 Å². The quantitative estimate of drug-likeness (QED) is 0.888. The van der Waals surface area contributed by atoms with Crippen LogP contribution in [0.3, 0.4) is 0 Å². The standard InChI is InChI=1S/C15H16ClN3O2/c1-21-11-4-2-3-10(7-11)5-6-18-15(20)12-8-14(17)19-9-13(12)16/h2-4,7-9H,5-6H2,1H3,(H2,17,19)(H,18,20). The first-order valence-corrected chi connectivity index (χ1v) is 6.80. The van der Waals surface area contributed by atoms with Gasteiger partial charge in [0.2, 0.25) is 0 Å². The number of carbonyl (C=O) groups excluding carboxylic acids is 1. The van der Waals surface area contributed by atoms with Crippen molar-refractivity contribution < 1.29 is 9.53 Å². The number of aromatic nitrogens is 1. The van der Waals surface area contributed by atoms with E-state index in [-0.39, 0.29) is 16.7 Å². The maximum Gasteiger partial charge on any atom is 0.253 e. The molecule has 5 nitrogen and oxygen atoms in total. The molecule has 1 aromatic carbocycles. The molecule has 110 valence electrons. The molecule has 0 saturated heterocycles. The predicted octanol–water partition coefficient (Wildman–Crippen LogP) is 2.30. The molecule has 0 fully saturated rings. The average Bonchev–Trinajstić information content (AvgIpc) is 2.49. The summed E-state index contributed by atoms with van der Waals surface area (Å²) in [6.07, 6.45) is 2.06. The van der Waals surface area contributed by atoms with Crippen LogP contribution in [-0.2, 0) is 6.42 Å². The summed E-state index contributed by atoms with van der Waals surface area (Å²) in [5.41, 5.74) is 6.96. The van der Waals surface area contributed by atoms with Crippen LogP contribution >= 0.6 is 11.6 Å². The third-order valence-corrected chi connectivity index (χ3v) is 3.26. The Balaban J connectivity index is 1.93. The molecule has 1 amide bonds. The Bertz CT molecular complexity index is 647. The second kappa shape index (κ2) is 6.95. The summed E-state index contributed by atoms with van der Waals surface area (Å²) in [4.78, 5) is 15.8. The number of anilines is 1. The number of nitrogens with two attached hydrogens (primary N) is 1. The molecule has 3 N–H and O–H groups in total. The Kier molecular flexibility index (Phi) is 5.00. The van der Waals surface area contributed by atoms with E-state index in [1.165, 1.54) is 12.3 Å². The van der Waals surface area contributed by atoms with Gasteiger partial charge in [0.1, 0.15) is 11.6 Å². The average molecular weight is 306 g/mol. The Labute approximate surface area is 128 Å². The summed E-state index contributed by atoms with van der Waals surface area (Å²) in [7, 11) is 1.62. The number of methoxy groups -OCH3 is 1. The maximum absolute atomic E-state index is 12.0. The number of nitrogens with one attached hydrogen (secondary N) is 1. The Morgan fingerprint density at radius 1 is 1.43 bits per heavy atom. The van der Waals surface area contributed by atoms with Crippen molar-refractivity contribution in [2.75, 3.05) is 19.4 Å². The van der Waals surface area contributed by atoms with E-state index in [0.717, 1.165) is 11.3 Å². The Morgan fingerprint density at radius 2 is 2.24 bits per heavy atom. The van der Waals surface area contributed by atoms with E-state index in [9.17, 15) is 4.79 Å². The van der Waals surface area contributed by atoms with Crippen LogP contribution in [0.4, 0.5) is 5.82 Å². The zero-order chi connectivity index (χ0) is 15.2. The lowest BCUT2D eigenvalue weighted by atomic mass is 10.1. The molecular formula is C15H16ClN3O2. The number of nitrogen functional groups attached to an aromatic ring is 1. The van der Waals surface area contributed by atoms with E-state index >= 15 is 0 Å². The molecular weight excluding hydrogens is 290 g/mol. The van der Waals surface area contributed by atoms with Crippen molar-refractivity contribution in [2.24, 2.45) is 0 Å². The van der Waals surface area contributed by atoms with Gasteiger partial charge in [0, 0.05) is 12.7 Å². The molecule has 0 radical (unpaired) electrons. The van der Waals surface area contributed by atoms with Gasteiger partial charge in [0.15, 0.2) is 0 Å². The van der Waals surface area contributed by atoms with E-state index < -0.39 is 0 Å². The molecule has 0 aliphatic rings. The molecule has 1 aromatic heterocycles. The summed E-state index contributed by atoms with van der Waals surface area (Å²) in [5, 5.41) is 3.09. The highest BCUT2D eigenvalue weighted by Crippen LogP contribution is 2.16. The lowest BCUT2D eigenvalue weighted by molar-refractivity contribution is 0.0954. The van der Waals surface area contributed by atoms with E-state index in [2.05, 4.69) is 10.3 Å². The molecule has 0 bridgehead atoms. The Morgan fingerprint density at radius 3 is 3.00 bits per heavy atom. The fraction of sp³-hybridized carbons (Fsp3) is 0.200. The first-order chi connectivity index (χ1) is 10.1. The van der Waals surface area contributed by atoms with Gasteiger partial charge >= 0.3 is 0 Å². The smallest absolute Gasteiger partial charge is 0.253 e. The number of amides is 1. The fourth-order valence-electron chi connectivity index (χ4n) is 1.87. The molecule has 0 unspecified atom stereocenters. The van der Waals surface area contributed by atoms with Crippen LogP contribution < -0.4 is 15.8 Å². The summed E-state index contributed by atoms with van der Waals surface area (Å²) < 4.78 is 5.15. The van der Waals surface area contributed by atoms with Crippen LogP contribution in [0.5, 0.6) is 5.75 Å². The highest BCUT2D eigenvalue weighted by atomic mass is 35.5. The van der Waals surface area contributed by atoms with E-state index in [1.807, 2.05) is 24.3 Å². The van der Waals surface area contributed by atoms with E-state index in [4.69, 9.17) is 22.1 Å². The number of hydrogen-bond donors (Lipinski definition) is 2. The van der Waals surface area contributed by atoms with Crippen LogP contribution in [0, 0.1) is 0 Å². The minimum absolute atomic E-state index is 0.261. The molecule has 0 aliphatic heterocycles. The summed E-state index contributed by atoms with van der Waals surface area (Å²) in [6, 6.07) is 9.16. The normalized spacial score (nSPS) is 10.2. The lowest BCUT2D eigenvalue weighted by Gasteiger charge is -2.08. The maximum atomic E-state index is 12.0. The minimum Gasteiger partial charge on any atom is -0.497 e.